The van der Waals surface area contributed by atoms with E-state index in [2.05, 4.69) is 20.6 Å². The van der Waals surface area contributed by atoms with Gasteiger partial charge in [0.1, 0.15) is 5.82 Å². The Morgan fingerprint density at radius 2 is 1.95 bits per heavy atom. The highest BCUT2D eigenvalue weighted by atomic mass is 16.5. The van der Waals surface area contributed by atoms with Crippen LogP contribution in [0, 0.1) is 6.92 Å². The minimum absolute atomic E-state index is 0.638. The van der Waals surface area contributed by atoms with Gasteiger partial charge in [0.2, 0.25) is 5.95 Å². The van der Waals surface area contributed by atoms with Crippen molar-refractivity contribution in [2.24, 2.45) is 0 Å². The fraction of sp³-hybridized carbons (Fsp3) is 0.333. The second kappa shape index (κ2) is 7.45. The van der Waals surface area contributed by atoms with Crippen molar-refractivity contribution >= 4 is 17.5 Å². The molecule has 0 aliphatic heterocycles. The summed E-state index contributed by atoms with van der Waals surface area (Å²) in [4.78, 5) is 8.82. The third kappa shape index (κ3) is 4.51. The van der Waals surface area contributed by atoms with Crippen LogP contribution in [-0.4, -0.2) is 30.2 Å². The van der Waals surface area contributed by atoms with Gasteiger partial charge < -0.3 is 15.4 Å². The van der Waals surface area contributed by atoms with Crippen LogP contribution in [0.15, 0.2) is 36.4 Å². The summed E-state index contributed by atoms with van der Waals surface area (Å²) in [6.45, 7) is 3.48. The first-order chi connectivity index (χ1) is 9.78. The molecule has 5 heteroatoms. The van der Waals surface area contributed by atoms with Crippen molar-refractivity contribution in [1.29, 1.82) is 0 Å². The second-order valence-electron chi connectivity index (χ2n) is 4.48. The Balaban J connectivity index is 2.01. The fourth-order valence-electron chi connectivity index (χ4n) is 1.80. The monoisotopic (exact) mass is 272 g/mol. The summed E-state index contributed by atoms with van der Waals surface area (Å²) in [5, 5.41) is 6.48. The summed E-state index contributed by atoms with van der Waals surface area (Å²) in [5.41, 5.74) is 1.93. The van der Waals surface area contributed by atoms with Crippen molar-refractivity contribution in [2.45, 2.75) is 13.3 Å². The summed E-state index contributed by atoms with van der Waals surface area (Å²) < 4.78 is 5.01. The smallest absolute Gasteiger partial charge is 0.224 e. The molecule has 0 unspecified atom stereocenters. The van der Waals surface area contributed by atoms with Gasteiger partial charge in [0.25, 0.3) is 0 Å². The molecule has 20 heavy (non-hydrogen) atoms. The van der Waals surface area contributed by atoms with Gasteiger partial charge in [-0.2, -0.15) is 4.98 Å². The molecule has 0 saturated heterocycles. The third-order valence-corrected chi connectivity index (χ3v) is 2.71. The highest BCUT2D eigenvalue weighted by Crippen LogP contribution is 2.16. The predicted octanol–water partition coefficient (Wildman–Crippen LogP) is 2.98. The van der Waals surface area contributed by atoms with Crippen LogP contribution in [0.2, 0.25) is 0 Å². The first kappa shape index (κ1) is 14.3. The number of anilines is 3. The van der Waals surface area contributed by atoms with Crippen molar-refractivity contribution < 1.29 is 4.74 Å². The molecule has 5 nitrogen and oxygen atoms in total. The van der Waals surface area contributed by atoms with Gasteiger partial charge in [-0.05, 0) is 25.5 Å². The van der Waals surface area contributed by atoms with Gasteiger partial charge in [0.05, 0.1) is 0 Å². The largest absolute Gasteiger partial charge is 0.385 e. The molecule has 2 N–H and O–H groups in total. The summed E-state index contributed by atoms with van der Waals surface area (Å²) in [7, 11) is 1.70. The lowest BCUT2D eigenvalue weighted by atomic mass is 10.3. The van der Waals surface area contributed by atoms with E-state index >= 15 is 0 Å². The number of hydrogen-bond donors (Lipinski definition) is 2. The number of ether oxygens (including phenoxy) is 1. The predicted molar refractivity (Wildman–Crippen MR) is 81.5 cm³/mol. The molecule has 0 fully saturated rings. The molecule has 0 amide bonds. The summed E-state index contributed by atoms with van der Waals surface area (Å²) >= 11 is 0. The normalized spacial score (nSPS) is 10.3. The molecule has 0 aliphatic carbocycles. The number of hydrogen-bond acceptors (Lipinski definition) is 5. The number of methoxy groups -OCH3 is 1. The number of rotatable bonds is 7. The zero-order valence-electron chi connectivity index (χ0n) is 11.9. The lowest BCUT2D eigenvalue weighted by molar-refractivity contribution is 0.197. The molecule has 106 valence electrons. The van der Waals surface area contributed by atoms with Gasteiger partial charge in [0.15, 0.2) is 0 Å². The van der Waals surface area contributed by atoms with Gasteiger partial charge in [-0.3, -0.25) is 0 Å². The maximum absolute atomic E-state index is 5.01. The minimum Gasteiger partial charge on any atom is -0.385 e. The van der Waals surface area contributed by atoms with E-state index in [1.54, 1.807) is 7.11 Å². The Bertz CT molecular complexity index is 531. The Morgan fingerprint density at radius 1 is 1.15 bits per heavy atom. The molecule has 0 aliphatic rings. The molecule has 2 aromatic rings. The first-order valence-electron chi connectivity index (χ1n) is 6.68. The number of benzene rings is 1. The van der Waals surface area contributed by atoms with E-state index in [9.17, 15) is 0 Å². The van der Waals surface area contributed by atoms with Crippen LogP contribution in [0.3, 0.4) is 0 Å². The fourth-order valence-corrected chi connectivity index (χ4v) is 1.80. The topological polar surface area (TPSA) is 59.1 Å². The van der Waals surface area contributed by atoms with E-state index in [1.807, 2.05) is 43.3 Å². The van der Waals surface area contributed by atoms with E-state index < -0.39 is 0 Å². The molecular formula is C15H20N4O. The SMILES string of the molecule is COCCCNc1nc(C)cc(Nc2ccccc2)n1. The Morgan fingerprint density at radius 3 is 2.70 bits per heavy atom. The van der Waals surface area contributed by atoms with E-state index in [0.29, 0.717) is 5.95 Å². The lowest BCUT2D eigenvalue weighted by Crippen LogP contribution is -2.09. The van der Waals surface area contributed by atoms with Gasteiger partial charge in [-0.25, -0.2) is 4.98 Å². The standard InChI is InChI=1S/C15H20N4O/c1-12-11-14(18-13-7-4-3-5-8-13)19-15(17-12)16-9-6-10-20-2/h3-5,7-8,11H,6,9-10H2,1-2H3,(H2,16,17,18,19). The van der Waals surface area contributed by atoms with Crippen molar-refractivity contribution in [1.82, 2.24) is 9.97 Å². The van der Waals surface area contributed by atoms with Crippen LogP contribution in [0.5, 0.6) is 0 Å². The number of nitrogens with one attached hydrogen (secondary N) is 2. The molecule has 1 heterocycles. The van der Waals surface area contributed by atoms with Crippen molar-refractivity contribution in [3.05, 3.63) is 42.1 Å². The Kier molecular flexibility index (Phi) is 5.32. The van der Waals surface area contributed by atoms with Gasteiger partial charge in [0, 0.05) is 37.7 Å². The molecule has 1 aromatic heterocycles. The average molecular weight is 272 g/mol. The number of para-hydroxylation sites is 1. The van der Waals surface area contributed by atoms with Gasteiger partial charge in [-0.15, -0.1) is 0 Å². The van der Waals surface area contributed by atoms with Crippen LogP contribution >= 0.6 is 0 Å². The molecule has 0 spiro atoms. The Labute approximate surface area is 119 Å². The summed E-state index contributed by atoms with van der Waals surface area (Å²) in [5.74, 6) is 1.43. The quantitative estimate of drug-likeness (QED) is 0.759. The molecule has 2 rings (SSSR count). The summed E-state index contributed by atoms with van der Waals surface area (Å²) in [6.07, 6.45) is 0.926. The maximum atomic E-state index is 5.01. The lowest BCUT2D eigenvalue weighted by Gasteiger charge is -2.09. The van der Waals surface area contributed by atoms with Crippen LogP contribution in [0.25, 0.3) is 0 Å². The molecule has 0 atom stereocenters. The highest BCUT2D eigenvalue weighted by molar-refractivity contribution is 5.57. The van der Waals surface area contributed by atoms with Gasteiger partial charge >= 0.3 is 0 Å². The second-order valence-corrected chi connectivity index (χ2v) is 4.48. The summed E-state index contributed by atoms with van der Waals surface area (Å²) in [6, 6.07) is 11.9. The molecular weight excluding hydrogens is 252 g/mol. The van der Waals surface area contributed by atoms with E-state index in [4.69, 9.17) is 4.74 Å². The number of aromatic nitrogens is 2. The van der Waals surface area contributed by atoms with Gasteiger partial charge in [-0.1, -0.05) is 18.2 Å². The molecule has 0 radical (unpaired) electrons. The maximum Gasteiger partial charge on any atom is 0.224 e. The average Bonchev–Trinajstić information content (AvgIpc) is 2.44. The van der Waals surface area contributed by atoms with Crippen LogP contribution in [0.4, 0.5) is 17.5 Å². The van der Waals surface area contributed by atoms with Crippen molar-refractivity contribution in [3.63, 3.8) is 0 Å². The number of nitrogens with zero attached hydrogens (tertiary/aromatic N) is 2. The van der Waals surface area contributed by atoms with E-state index in [0.717, 1.165) is 36.8 Å². The van der Waals surface area contributed by atoms with Crippen LogP contribution in [0.1, 0.15) is 12.1 Å². The molecule has 0 saturated carbocycles. The van der Waals surface area contributed by atoms with Crippen molar-refractivity contribution in [2.75, 3.05) is 30.9 Å². The van der Waals surface area contributed by atoms with E-state index in [1.165, 1.54) is 0 Å². The van der Waals surface area contributed by atoms with Crippen molar-refractivity contribution in [3.8, 4) is 0 Å². The zero-order valence-corrected chi connectivity index (χ0v) is 11.9. The van der Waals surface area contributed by atoms with Crippen LogP contribution in [-0.2, 0) is 4.74 Å². The zero-order chi connectivity index (χ0) is 14.2. The van der Waals surface area contributed by atoms with E-state index in [-0.39, 0.29) is 0 Å². The van der Waals surface area contributed by atoms with Crippen LogP contribution < -0.4 is 10.6 Å². The Hall–Kier alpha value is -2.14. The number of aryl methyl sites for hydroxylation is 1. The first-order valence-corrected chi connectivity index (χ1v) is 6.68. The minimum atomic E-state index is 0.638. The molecule has 1 aromatic carbocycles. The third-order valence-electron chi connectivity index (χ3n) is 2.71. The molecule has 0 bridgehead atoms. The highest BCUT2D eigenvalue weighted by Gasteiger charge is 2.02.